The number of hydrogen-bond acceptors (Lipinski definition) is 3. The molecule has 0 aromatic heterocycles. The highest BCUT2D eigenvalue weighted by molar-refractivity contribution is 5.95. The molecule has 4 fully saturated rings. The molecule has 5 atom stereocenters. The van der Waals surface area contributed by atoms with E-state index >= 15 is 0 Å². The second kappa shape index (κ2) is 7.86. The fraction of sp³-hybridized carbons (Fsp3) is 0.704. The lowest BCUT2D eigenvalue weighted by Crippen LogP contribution is -2.59. The van der Waals surface area contributed by atoms with Gasteiger partial charge in [0.2, 0.25) is 11.8 Å². The number of fused-ring (bicyclic) bond motifs is 1. The zero-order valence-electron chi connectivity index (χ0n) is 20.0. The molecule has 1 N–H and O–H groups in total. The smallest absolute Gasteiger partial charge is 0.227 e. The van der Waals surface area contributed by atoms with E-state index in [1.54, 1.807) is 0 Å². The Balaban J connectivity index is 1.40. The number of hydrogen-bond donors (Lipinski definition) is 1. The molecular formula is C27H38N2O3. The maximum absolute atomic E-state index is 12.8. The fourth-order valence-corrected chi connectivity index (χ4v) is 7.47. The fourth-order valence-electron chi connectivity index (χ4n) is 7.47. The monoisotopic (exact) mass is 438 g/mol. The van der Waals surface area contributed by atoms with Gasteiger partial charge in [0.05, 0.1) is 6.10 Å². The zero-order chi connectivity index (χ0) is 22.7. The van der Waals surface area contributed by atoms with Gasteiger partial charge < -0.3 is 15.0 Å². The molecule has 5 heteroatoms. The number of nitrogens with zero attached hydrogens (tertiary/aromatic N) is 1. The molecule has 32 heavy (non-hydrogen) atoms. The second-order valence-electron chi connectivity index (χ2n) is 11.7. The molecule has 5 rings (SSSR count). The maximum atomic E-state index is 12.8. The molecular weight excluding hydrogens is 400 g/mol. The average Bonchev–Trinajstić information content (AvgIpc) is 3.40. The molecule has 2 heterocycles. The van der Waals surface area contributed by atoms with Crippen LogP contribution in [0.5, 0.6) is 0 Å². The van der Waals surface area contributed by atoms with Gasteiger partial charge in [-0.2, -0.15) is 0 Å². The Bertz CT molecular complexity index is 893. The van der Waals surface area contributed by atoms with Gasteiger partial charge in [-0.25, -0.2) is 0 Å². The quantitative estimate of drug-likeness (QED) is 0.714. The summed E-state index contributed by atoms with van der Waals surface area (Å²) in [6.07, 6.45) is 5.64. The Morgan fingerprint density at radius 3 is 2.66 bits per heavy atom. The van der Waals surface area contributed by atoms with Crippen LogP contribution in [0.4, 0.5) is 5.69 Å². The van der Waals surface area contributed by atoms with Crippen LogP contribution < -0.4 is 10.2 Å². The number of ether oxygens (including phenoxy) is 1. The van der Waals surface area contributed by atoms with Crippen LogP contribution in [-0.4, -0.2) is 31.0 Å². The Hall–Kier alpha value is -1.88. The highest BCUT2D eigenvalue weighted by Gasteiger charge is 2.68. The van der Waals surface area contributed by atoms with E-state index in [2.05, 4.69) is 57.3 Å². The highest BCUT2D eigenvalue weighted by Crippen LogP contribution is 2.70. The summed E-state index contributed by atoms with van der Waals surface area (Å²) in [5.41, 5.74) is 2.44. The van der Waals surface area contributed by atoms with Crippen LogP contribution >= 0.6 is 0 Å². The molecule has 2 saturated carbocycles. The number of nitrogens with one attached hydrogen (secondary N) is 1. The summed E-state index contributed by atoms with van der Waals surface area (Å²) >= 11 is 0. The minimum absolute atomic E-state index is 0.0673. The van der Waals surface area contributed by atoms with Gasteiger partial charge >= 0.3 is 0 Å². The first-order valence-corrected chi connectivity index (χ1v) is 12.5. The van der Waals surface area contributed by atoms with E-state index in [9.17, 15) is 9.59 Å². The maximum Gasteiger partial charge on any atom is 0.227 e. The molecule has 0 unspecified atom stereocenters. The molecule has 1 spiro atoms. The number of carbonyl (C=O) groups excluding carboxylic acids is 2. The molecule has 2 aliphatic heterocycles. The van der Waals surface area contributed by atoms with E-state index in [0.717, 1.165) is 31.7 Å². The number of carbonyl (C=O) groups is 2. The van der Waals surface area contributed by atoms with Gasteiger partial charge in [0, 0.05) is 37.7 Å². The van der Waals surface area contributed by atoms with Crippen LogP contribution in [0.25, 0.3) is 0 Å². The summed E-state index contributed by atoms with van der Waals surface area (Å²) in [6, 6.07) is 8.70. The Labute approximate surface area is 192 Å². The van der Waals surface area contributed by atoms with Crippen molar-refractivity contribution >= 4 is 17.5 Å². The van der Waals surface area contributed by atoms with Crippen molar-refractivity contribution < 1.29 is 14.3 Å². The van der Waals surface area contributed by atoms with Gasteiger partial charge in [0.25, 0.3) is 0 Å². The lowest BCUT2D eigenvalue weighted by molar-refractivity contribution is -0.137. The molecule has 2 amide bonds. The van der Waals surface area contributed by atoms with Crippen LogP contribution in [0, 0.1) is 28.6 Å². The third kappa shape index (κ3) is 3.39. The third-order valence-corrected chi connectivity index (χ3v) is 9.01. The number of amides is 2. The molecule has 2 bridgehead atoms. The van der Waals surface area contributed by atoms with E-state index in [1.165, 1.54) is 18.4 Å². The van der Waals surface area contributed by atoms with Crippen LogP contribution in [0.1, 0.15) is 77.9 Å². The molecule has 1 aromatic carbocycles. The van der Waals surface area contributed by atoms with Crippen molar-refractivity contribution in [3.05, 3.63) is 29.8 Å². The van der Waals surface area contributed by atoms with E-state index in [1.807, 2.05) is 4.90 Å². The van der Waals surface area contributed by atoms with Gasteiger partial charge in [-0.1, -0.05) is 39.8 Å². The summed E-state index contributed by atoms with van der Waals surface area (Å²) in [4.78, 5) is 26.8. The molecule has 174 valence electrons. The summed E-state index contributed by atoms with van der Waals surface area (Å²) < 4.78 is 6.40. The van der Waals surface area contributed by atoms with Crippen molar-refractivity contribution in [1.82, 2.24) is 5.32 Å². The number of anilines is 1. The largest absolute Gasteiger partial charge is 0.373 e. The number of rotatable bonds is 5. The van der Waals surface area contributed by atoms with Crippen molar-refractivity contribution in [2.45, 2.75) is 78.4 Å². The van der Waals surface area contributed by atoms with Gasteiger partial charge in [-0.3, -0.25) is 9.59 Å². The van der Waals surface area contributed by atoms with Crippen molar-refractivity contribution in [1.29, 1.82) is 0 Å². The Morgan fingerprint density at radius 2 is 2.00 bits per heavy atom. The van der Waals surface area contributed by atoms with Gasteiger partial charge in [-0.15, -0.1) is 0 Å². The summed E-state index contributed by atoms with van der Waals surface area (Å²) in [5.74, 6) is 1.83. The minimum atomic E-state index is 0.0673. The van der Waals surface area contributed by atoms with Crippen LogP contribution in [-0.2, 0) is 14.3 Å². The first-order valence-electron chi connectivity index (χ1n) is 12.5. The Kier molecular flexibility index (Phi) is 5.39. The first-order chi connectivity index (χ1) is 15.2. The van der Waals surface area contributed by atoms with Crippen LogP contribution in [0.15, 0.2) is 24.3 Å². The van der Waals surface area contributed by atoms with Crippen LogP contribution in [0.3, 0.4) is 0 Å². The highest BCUT2D eigenvalue weighted by atomic mass is 16.5. The molecule has 2 saturated heterocycles. The Morgan fingerprint density at radius 1 is 1.25 bits per heavy atom. The van der Waals surface area contributed by atoms with Crippen molar-refractivity contribution in [2.24, 2.45) is 28.6 Å². The SMILES string of the molecule is CC(C)CC(=O)N[C@H]1C(C)(C)[C@@H]2C[C@@H]3[C@@H](c4ccc(N5CCCC5=O)cc4)OCC[C@@]31C2. The molecule has 0 radical (unpaired) electrons. The van der Waals surface area contributed by atoms with Crippen molar-refractivity contribution in [3.8, 4) is 0 Å². The summed E-state index contributed by atoms with van der Waals surface area (Å²) in [6.45, 7) is 10.5. The first kappa shape index (κ1) is 21.9. The number of benzene rings is 1. The minimum Gasteiger partial charge on any atom is -0.373 e. The standard InChI is InChI=1S/C27H38N2O3/c1-17(2)14-22(30)28-25-26(3,4)19-15-21-24(32-13-11-27(21,25)16-19)18-7-9-20(10-8-18)29-12-5-6-23(29)31/h7-10,17,19,21,24-25H,5-6,11-16H2,1-4H3,(H,28,30)/t19-,21-,24-,25+,27-/m1/s1. The third-order valence-electron chi connectivity index (χ3n) is 9.01. The van der Waals surface area contributed by atoms with E-state index < -0.39 is 0 Å². The van der Waals surface area contributed by atoms with Gasteiger partial charge in [0.1, 0.15) is 0 Å². The predicted molar refractivity (Wildman–Crippen MR) is 125 cm³/mol. The van der Waals surface area contributed by atoms with Crippen LogP contribution in [0.2, 0.25) is 0 Å². The predicted octanol–water partition coefficient (Wildman–Crippen LogP) is 4.86. The van der Waals surface area contributed by atoms with E-state index in [0.29, 0.717) is 30.6 Å². The average molecular weight is 439 g/mol. The molecule has 5 nitrogen and oxygen atoms in total. The molecule has 2 aliphatic carbocycles. The van der Waals surface area contributed by atoms with Crippen molar-refractivity contribution in [2.75, 3.05) is 18.1 Å². The summed E-state index contributed by atoms with van der Waals surface area (Å²) in [5, 5.41) is 3.51. The topological polar surface area (TPSA) is 58.6 Å². The second-order valence-corrected chi connectivity index (χ2v) is 11.7. The lowest BCUT2D eigenvalue weighted by Gasteiger charge is -2.53. The van der Waals surface area contributed by atoms with Gasteiger partial charge in [-0.05, 0) is 72.0 Å². The van der Waals surface area contributed by atoms with E-state index in [-0.39, 0.29) is 34.8 Å². The van der Waals surface area contributed by atoms with Crippen molar-refractivity contribution in [3.63, 3.8) is 0 Å². The normalized spacial score (nSPS) is 35.4. The lowest BCUT2D eigenvalue weighted by atomic mass is 9.59. The molecule has 1 aromatic rings. The molecule has 4 aliphatic rings. The van der Waals surface area contributed by atoms with E-state index in [4.69, 9.17) is 4.74 Å². The van der Waals surface area contributed by atoms with Gasteiger partial charge in [0.15, 0.2) is 0 Å². The summed E-state index contributed by atoms with van der Waals surface area (Å²) in [7, 11) is 0. The zero-order valence-corrected chi connectivity index (χ0v) is 20.0.